The first kappa shape index (κ1) is 24.7. The van der Waals surface area contributed by atoms with Crippen LogP contribution in [0.2, 0.25) is 5.04 Å². The van der Waals surface area contributed by atoms with Gasteiger partial charge in [-0.05, 0) is 5.04 Å². The van der Waals surface area contributed by atoms with Gasteiger partial charge in [0.15, 0.2) is 8.07 Å². The van der Waals surface area contributed by atoms with Gasteiger partial charge in [0.25, 0.3) is 0 Å². The van der Waals surface area contributed by atoms with Crippen LogP contribution < -0.4 is 10.4 Å². The predicted octanol–water partition coefficient (Wildman–Crippen LogP) is 1.99. The van der Waals surface area contributed by atoms with Crippen LogP contribution in [0.1, 0.15) is 20.8 Å². The number of rotatable bonds is 13. The van der Waals surface area contributed by atoms with Crippen molar-refractivity contribution in [3.8, 4) is 0 Å². The Balaban J connectivity index is 2.10. The van der Waals surface area contributed by atoms with Crippen LogP contribution in [-0.2, 0) is 14.2 Å². The Bertz CT molecular complexity index is 663. The van der Waals surface area contributed by atoms with Crippen LogP contribution in [0.25, 0.3) is 0 Å². The number of aliphatic hydroxyl groups excluding tert-OH is 2. The predicted molar refractivity (Wildman–Crippen MR) is 123 cm³/mol. The summed E-state index contributed by atoms with van der Waals surface area (Å²) < 4.78 is 16.5. The van der Waals surface area contributed by atoms with E-state index in [1.54, 1.807) is 0 Å². The van der Waals surface area contributed by atoms with Gasteiger partial charge < -0.3 is 24.4 Å². The van der Waals surface area contributed by atoms with Gasteiger partial charge in [-0.2, -0.15) is 0 Å². The highest BCUT2D eigenvalue weighted by Crippen LogP contribution is 2.38. The Hall–Kier alpha value is -1.54. The first-order valence-corrected chi connectivity index (χ1v) is 12.7. The highest BCUT2D eigenvalue weighted by Gasteiger charge is 2.53. The number of hydrogen-bond donors (Lipinski definition) is 2. The Kier molecular flexibility index (Phi) is 10.2. The van der Waals surface area contributed by atoms with Crippen LogP contribution in [0.15, 0.2) is 60.7 Å². The molecule has 0 heterocycles. The van der Waals surface area contributed by atoms with Crippen LogP contribution in [0, 0.1) is 0 Å². The zero-order valence-corrected chi connectivity index (χ0v) is 19.4. The van der Waals surface area contributed by atoms with Gasteiger partial charge in [-0.3, -0.25) is 0 Å². The van der Waals surface area contributed by atoms with E-state index in [0.29, 0.717) is 33.0 Å². The summed E-state index contributed by atoms with van der Waals surface area (Å²) in [5.74, 6) is 0. The van der Waals surface area contributed by atoms with E-state index in [0.717, 1.165) is 0 Å². The van der Waals surface area contributed by atoms with E-state index in [-0.39, 0.29) is 18.3 Å². The highest BCUT2D eigenvalue weighted by atomic mass is 28.3. The fourth-order valence-corrected chi connectivity index (χ4v) is 9.78. The Morgan fingerprint density at radius 1 is 0.733 bits per heavy atom. The molecule has 0 aromatic heterocycles. The van der Waals surface area contributed by atoms with Crippen LogP contribution in [0.4, 0.5) is 0 Å². The lowest BCUT2D eigenvalue weighted by atomic mass is 10.2. The summed E-state index contributed by atoms with van der Waals surface area (Å²) >= 11 is 0. The van der Waals surface area contributed by atoms with Crippen LogP contribution in [0.5, 0.6) is 0 Å². The van der Waals surface area contributed by atoms with Crippen molar-refractivity contribution in [3.63, 3.8) is 0 Å². The smallest absolute Gasteiger partial charge is 0.156 e. The van der Waals surface area contributed by atoms with Crippen LogP contribution in [0.3, 0.4) is 0 Å². The molecule has 0 spiro atoms. The summed E-state index contributed by atoms with van der Waals surface area (Å²) in [6.45, 7) is 9.02. The SMILES string of the molecule is CC(C)(C)[Si](c1ccccc1)(c1ccccc1)C(O)COCCOCCOCCO. The molecular formula is C24H36O5Si. The largest absolute Gasteiger partial charge is 0.394 e. The van der Waals surface area contributed by atoms with E-state index >= 15 is 0 Å². The van der Waals surface area contributed by atoms with E-state index in [4.69, 9.17) is 19.3 Å². The van der Waals surface area contributed by atoms with Gasteiger partial charge in [-0.15, -0.1) is 0 Å². The second kappa shape index (κ2) is 12.3. The average Bonchev–Trinajstić information content (AvgIpc) is 2.73. The molecule has 2 rings (SSSR count). The van der Waals surface area contributed by atoms with Crippen molar-refractivity contribution in [2.75, 3.05) is 46.2 Å². The van der Waals surface area contributed by atoms with Gasteiger partial charge in [0.1, 0.15) is 0 Å². The third kappa shape index (κ3) is 6.23. The maximum absolute atomic E-state index is 11.6. The lowest BCUT2D eigenvalue weighted by Crippen LogP contribution is -2.72. The van der Waals surface area contributed by atoms with Gasteiger partial charge in [0.05, 0.1) is 52.0 Å². The van der Waals surface area contributed by atoms with E-state index in [1.807, 2.05) is 36.4 Å². The molecule has 1 unspecified atom stereocenters. The van der Waals surface area contributed by atoms with E-state index in [2.05, 4.69) is 45.0 Å². The van der Waals surface area contributed by atoms with Gasteiger partial charge in [0.2, 0.25) is 0 Å². The third-order valence-corrected chi connectivity index (χ3v) is 11.4. The summed E-state index contributed by atoms with van der Waals surface area (Å²) in [5.41, 5.74) is -0.602. The van der Waals surface area contributed by atoms with Crippen LogP contribution in [-0.4, -0.2) is 70.3 Å². The maximum Gasteiger partial charge on any atom is 0.156 e. The summed E-state index contributed by atoms with van der Waals surface area (Å²) in [6, 6.07) is 20.8. The molecule has 1 atom stereocenters. The molecule has 166 valence electrons. The second-order valence-corrected chi connectivity index (χ2v) is 13.3. The molecule has 5 nitrogen and oxygen atoms in total. The van der Waals surface area contributed by atoms with Crippen molar-refractivity contribution in [3.05, 3.63) is 60.7 Å². The Labute approximate surface area is 181 Å². The number of benzene rings is 2. The standard InChI is InChI=1S/C24H36O5Si/c1-24(2,3)30(21-10-6-4-7-11-21,22-12-8-5-9-13-22)23(26)20-29-19-18-28-17-16-27-15-14-25/h4-13,23,25-26H,14-20H2,1-3H3. The first-order chi connectivity index (χ1) is 14.4. The minimum Gasteiger partial charge on any atom is -0.394 e. The summed E-state index contributed by atoms with van der Waals surface area (Å²) in [4.78, 5) is 0. The van der Waals surface area contributed by atoms with Crippen molar-refractivity contribution in [1.82, 2.24) is 0 Å². The molecule has 2 aromatic rings. The lowest BCUT2D eigenvalue weighted by molar-refractivity contribution is -0.00281. The van der Waals surface area contributed by atoms with Crippen molar-refractivity contribution < 1.29 is 24.4 Å². The molecule has 2 aromatic carbocycles. The van der Waals surface area contributed by atoms with E-state index in [1.165, 1.54) is 10.4 Å². The molecule has 0 aliphatic carbocycles. The van der Waals surface area contributed by atoms with Crippen molar-refractivity contribution in [2.24, 2.45) is 0 Å². The Morgan fingerprint density at radius 3 is 1.60 bits per heavy atom. The van der Waals surface area contributed by atoms with Crippen molar-refractivity contribution >= 4 is 18.4 Å². The minimum atomic E-state index is -2.60. The molecule has 0 bridgehead atoms. The van der Waals surface area contributed by atoms with E-state index in [9.17, 15) is 5.11 Å². The molecule has 2 N–H and O–H groups in total. The number of ether oxygens (including phenoxy) is 3. The topological polar surface area (TPSA) is 68.2 Å². The number of aliphatic hydroxyl groups is 2. The van der Waals surface area contributed by atoms with Gasteiger partial charge >= 0.3 is 0 Å². The average molecular weight is 433 g/mol. The molecule has 0 saturated carbocycles. The molecule has 0 aliphatic rings. The fraction of sp³-hybridized carbons (Fsp3) is 0.500. The molecular weight excluding hydrogens is 396 g/mol. The molecule has 0 saturated heterocycles. The second-order valence-electron chi connectivity index (χ2n) is 8.33. The minimum absolute atomic E-state index is 0.0171. The molecule has 6 heteroatoms. The van der Waals surface area contributed by atoms with Crippen molar-refractivity contribution in [1.29, 1.82) is 0 Å². The number of hydrogen-bond acceptors (Lipinski definition) is 5. The van der Waals surface area contributed by atoms with Crippen molar-refractivity contribution in [2.45, 2.75) is 31.5 Å². The normalized spacial score (nSPS) is 13.4. The summed E-state index contributed by atoms with van der Waals surface area (Å²) in [6.07, 6.45) is 0. The highest BCUT2D eigenvalue weighted by molar-refractivity contribution is 7.05. The summed E-state index contributed by atoms with van der Waals surface area (Å²) in [7, 11) is -2.60. The monoisotopic (exact) mass is 432 g/mol. The Morgan fingerprint density at radius 2 is 1.17 bits per heavy atom. The molecule has 0 radical (unpaired) electrons. The molecule has 0 aliphatic heterocycles. The fourth-order valence-electron chi connectivity index (χ4n) is 4.14. The van der Waals surface area contributed by atoms with E-state index < -0.39 is 13.8 Å². The quantitative estimate of drug-likeness (QED) is 0.374. The zero-order valence-electron chi connectivity index (χ0n) is 18.4. The van der Waals surface area contributed by atoms with Gasteiger partial charge in [-0.25, -0.2) is 0 Å². The summed E-state index contributed by atoms with van der Waals surface area (Å²) in [5, 5.41) is 22.5. The molecule has 0 fully saturated rings. The first-order valence-electron chi connectivity index (χ1n) is 10.6. The maximum atomic E-state index is 11.6. The molecule has 0 amide bonds. The van der Waals surface area contributed by atoms with Gasteiger partial charge in [-0.1, -0.05) is 91.8 Å². The third-order valence-electron chi connectivity index (χ3n) is 5.40. The molecule has 30 heavy (non-hydrogen) atoms. The zero-order chi connectivity index (χ0) is 21.9. The lowest BCUT2D eigenvalue weighted by Gasteiger charge is -2.47. The van der Waals surface area contributed by atoms with Gasteiger partial charge in [0, 0.05) is 0 Å². The van der Waals surface area contributed by atoms with Crippen LogP contribution >= 0.6 is 0 Å².